The monoisotopic (exact) mass is 219 g/mol. The van der Waals surface area contributed by atoms with Gasteiger partial charge in [0.25, 0.3) is 0 Å². The molecule has 0 fully saturated rings. The minimum Gasteiger partial charge on any atom is -0.507 e. The van der Waals surface area contributed by atoms with Crippen LogP contribution in [0.15, 0.2) is 42.8 Å². The van der Waals surface area contributed by atoms with E-state index in [4.69, 9.17) is 4.74 Å². The van der Waals surface area contributed by atoms with Crippen LogP contribution in [-0.2, 0) is 9.53 Å². The molecular weight excluding hydrogens is 206 g/mol. The number of hydrogen-bond acceptors (Lipinski definition) is 4. The van der Waals surface area contributed by atoms with Crippen molar-refractivity contribution in [2.75, 3.05) is 6.61 Å². The molecule has 0 radical (unpaired) electrons. The Balaban J connectivity index is 2.78. The van der Waals surface area contributed by atoms with Gasteiger partial charge >= 0.3 is 5.97 Å². The molecule has 0 aliphatic carbocycles. The quantitative estimate of drug-likeness (QED) is 0.364. The molecule has 0 unspecified atom stereocenters. The van der Waals surface area contributed by atoms with Gasteiger partial charge in [-0.15, -0.1) is 0 Å². The topological polar surface area (TPSA) is 59.4 Å². The molecule has 0 atom stereocenters. The first-order valence-corrected chi connectivity index (χ1v) is 4.82. The Hall–Kier alpha value is -2.10. The molecule has 1 rings (SSSR count). The maximum atomic E-state index is 11.2. The molecular formula is C12H13NO3. The van der Waals surface area contributed by atoms with Crippen molar-refractivity contribution in [3.8, 4) is 0 Å². The average molecular weight is 219 g/mol. The molecule has 84 valence electrons. The fraction of sp³-hybridized carbons (Fsp3) is 0.167. The van der Waals surface area contributed by atoms with Crippen LogP contribution < -0.4 is 0 Å². The zero-order chi connectivity index (χ0) is 12.0. The zero-order valence-electron chi connectivity index (χ0n) is 9.01. The first-order chi connectivity index (χ1) is 7.65. The molecule has 0 saturated carbocycles. The molecule has 1 heterocycles. The van der Waals surface area contributed by atoms with E-state index in [0.29, 0.717) is 5.56 Å². The van der Waals surface area contributed by atoms with E-state index in [0.717, 1.165) is 0 Å². The largest absolute Gasteiger partial charge is 0.507 e. The van der Waals surface area contributed by atoms with Gasteiger partial charge in [0.15, 0.2) is 0 Å². The number of aromatic nitrogens is 1. The Bertz CT molecular complexity index is 410. The second-order valence-electron chi connectivity index (χ2n) is 3.02. The number of carbonyl (C=O) groups excluding carboxylic acids is 1. The van der Waals surface area contributed by atoms with E-state index in [9.17, 15) is 9.90 Å². The van der Waals surface area contributed by atoms with Gasteiger partial charge in [-0.3, -0.25) is 4.98 Å². The molecule has 4 heteroatoms. The fourth-order valence-electron chi connectivity index (χ4n) is 1.05. The molecule has 4 nitrogen and oxygen atoms in total. The van der Waals surface area contributed by atoms with E-state index in [1.165, 1.54) is 12.3 Å². The molecule has 0 amide bonds. The molecule has 16 heavy (non-hydrogen) atoms. The third kappa shape index (κ3) is 3.24. The second kappa shape index (κ2) is 5.70. The van der Waals surface area contributed by atoms with E-state index in [1.54, 1.807) is 25.3 Å². The lowest BCUT2D eigenvalue weighted by Crippen LogP contribution is -2.05. The summed E-state index contributed by atoms with van der Waals surface area (Å²) in [6.07, 6.45) is 4.34. The minimum atomic E-state index is -0.544. The number of hydrogen-bond donors (Lipinski definition) is 1. The summed E-state index contributed by atoms with van der Waals surface area (Å²) >= 11 is 0. The van der Waals surface area contributed by atoms with Crippen LogP contribution in [0.4, 0.5) is 0 Å². The average Bonchev–Trinajstić information content (AvgIpc) is 2.30. The van der Waals surface area contributed by atoms with Crippen molar-refractivity contribution in [1.29, 1.82) is 0 Å². The predicted octanol–water partition coefficient (Wildman–Crippen LogP) is 2.10. The first-order valence-electron chi connectivity index (χ1n) is 4.82. The van der Waals surface area contributed by atoms with Gasteiger partial charge in [0.2, 0.25) is 0 Å². The van der Waals surface area contributed by atoms with Gasteiger partial charge in [-0.05, 0) is 25.1 Å². The highest BCUT2D eigenvalue weighted by Gasteiger charge is 2.07. The van der Waals surface area contributed by atoms with Crippen LogP contribution in [0, 0.1) is 0 Å². The van der Waals surface area contributed by atoms with Gasteiger partial charge in [-0.1, -0.05) is 6.58 Å². The van der Waals surface area contributed by atoms with Gasteiger partial charge in [0.1, 0.15) is 5.76 Å². The van der Waals surface area contributed by atoms with E-state index in [-0.39, 0.29) is 17.9 Å². The molecule has 0 saturated heterocycles. The number of ether oxygens (including phenoxy) is 1. The standard InChI is InChI=1S/C12H13NO3/c1-3-16-12(15)9(2)7-11(14)10-5-4-6-13-8-10/h4-8,14H,2-3H2,1H3/b11-7-. The first kappa shape index (κ1) is 12.0. The van der Waals surface area contributed by atoms with Crippen molar-refractivity contribution in [3.05, 3.63) is 48.3 Å². The number of rotatable bonds is 4. The molecule has 1 aromatic heterocycles. The molecule has 0 aliphatic heterocycles. The van der Waals surface area contributed by atoms with Crippen LogP contribution in [0.3, 0.4) is 0 Å². The fourth-order valence-corrected chi connectivity index (χ4v) is 1.05. The third-order valence-electron chi connectivity index (χ3n) is 1.81. The van der Waals surface area contributed by atoms with Crippen LogP contribution in [0.5, 0.6) is 0 Å². The van der Waals surface area contributed by atoms with Crippen molar-refractivity contribution in [2.24, 2.45) is 0 Å². The summed E-state index contributed by atoms with van der Waals surface area (Å²) in [6, 6.07) is 3.36. The lowest BCUT2D eigenvalue weighted by molar-refractivity contribution is -0.138. The van der Waals surface area contributed by atoms with Crippen molar-refractivity contribution in [3.63, 3.8) is 0 Å². The Morgan fingerprint density at radius 2 is 2.44 bits per heavy atom. The summed E-state index contributed by atoms with van der Waals surface area (Å²) in [5, 5.41) is 9.66. The van der Waals surface area contributed by atoms with Gasteiger partial charge in [0, 0.05) is 18.0 Å². The number of nitrogens with zero attached hydrogens (tertiary/aromatic N) is 1. The van der Waals surface area contributed by atoms with Crippen LogP contribution in [-0.4, -0.2) is 22.7 Å². The van der Waals surface area contributed by atoms with Gasteiger partial charge in [-0.25, -0.2) is 4.79 Å². The highest BCUT2D eigenvalue weighted by atomic mass is 16.5. The van der Waals surface area contributed by atoms with E-state index >= 15 is 0 Å². The maximum absolute atomic E-state index is 11.2. The van der Waals surface area contributed by atoms with Crippen molar-refractivity contribution in [1.82, 2.24) is 4.98 Å². The molecule has 1 aromatic rings. The van der Waals surface area contributed by atoms with Crippen LogP contribution in [0.2, 0.25) is 0 Å². The number of carbonyl (C=O) groups is 1. The number of aliphatic hydroxyl groups is 1. The summed E-state index contributed by atoms with van der Waals surface area (Å²) in [5.41, 5.74) is 0.621. The number of aliphatic hydroxyl groups excluding tert-OH is 1. The van der Waals surface area contributed by atoms with E-state index in [2.05, 4.69) is 11.6 Å². The number of pyridine rings is 1. The highest BCUT2D eigenvalue weighted by molar-refractivity contribution is 5.92. The van der Waals surface area contributed by atoms with Gasteiger partial charge in [-0.2, -0.15) is 0 Å². The Morgan fingerprint density at radius 1 is 1.69 bits per heavy atom. The third-order valence-corrected chi connectivity index (χ3v) is 1.81. The Labute approximate surface area is 93.9 Å². The van der Waals surface area contributed by atoms with Gasteiger partial charge in [0.05, 0.1) is 12.2 Å². The predicted molar refractivity (Wildman–Crippen MR) is 60.6 cm³/mol. The van der Waals surface area contributed by atoms with Crippen LogP contribution in [0.1, 0.15) is 12.5 Å². The van der Waals surface area contributed by atoms with E-state index in [1.807, 2.05) is 0 Å². The summed E-state index contributed by atoms with van der Waals surface area (Å²) < 4.78 is 4.73. The molecule has 0 aromatic carbocycles. The zero-order valence-corrected chi connectivity index (χ0v) is 9.01. The minimum absolute atomic E-state index is 0.0637. The second-order valence-corrected chi connectivity index (χ2v) is 3.02. The normalized spacial score (nSPS) is 10.9. The summed E-state index contributed by atoms with van der Waals surface area (Å²) in [4.78, 5) is 15.1. The van der Waals surface area contributed by atoms with Crippen molar-refractivity contribution < 1.29 is 14.6 Å². The Morgan fingerprint density at radius 3 is 3.00 bits per heavy atom. The molecule has 0 aliphatic rings. The SMILES string of the molecule is C=C(/C=C(\O)c1cccnc1)C(=O)OCC. The maximum Gasteiger partial charge on any atom is 0.337 e. The van der Waals surface area contributed by atoms with E-state index < -0.39 is 5.97 Å². The lowest BCUT2D eigenvalue weighted by atomic mass is 10.2. The van der Waals surface area contributed by atoms with Crippen molar-refractivity contribution in [2.45, 2.75) is 6.92 Å². The molecule has 0 bridgehead atoms. The molecule has 0 spiro atoms. The summed E-state index contributed by atoms with van der Waals surface area (Å²) in [5.74, 6) is -0.607. The van der Waals surface area contributed by atoms with Crippen molar-refractivity contribution >= 4 is 11.7 Å². The highest BCUT2D eigenvalue weighted by Crippen LogP contribution is 2.12. The van der Waals surface area contributed by atoms with Crippen LogP contribution in [0.25, 0.3) is 5.76 Å². The summed E-state index contributed by atoms with van der Waals surface area (Å²) in [6.45, 7) is 5.49. The van der Waals surface area contributed by atoms with Gasteiger partial charge < -0.3 is 9.84 Å². The Kier molecular flexibility index (Phi) is 4.27. The smallest absolute Gasteiger partial charge is 0.337 e. The molecule has 1 N–H and O–H groups in total. The lowest BCUT2D eigenvalue weighted by Gasteiger charge is -2.02. The summed E-state index contributed by atoms with van der Waals surface area (Å²) in [7, 11) is 0. The number of esters is 1. The van der Waals surface area contributed by atoms with Crippen LogP contribution >= 0.6 is 0 Å².